The summed E-state index contributed by atoms with van der Waals surface area (Å²) in [6, 6.07) is 0. The van der Waals surface area contributed by atoms with E-state index in [1.807, 2.05) is 0 Å². The van der Waals surface area contributed by atoms with Crippen LogP contribution in [0.25, 0.3) is 0 Å². The van der Waals surface area contributed by atoms with Crippen LogP contribution in [0.2, 0.25) is 0 Å². The molecule has 0 rings (SSSR count). The molecular weight excluding hydrogens is 68.0 g/mol. The molecule has 1 radical (unpaired) electrons. The minimum Gasteiger partial charge on any atom is -0.289 e. The van der Waals surface area contributed by atoms with Crippen LogP contribution in [0, 0.1) is 0 Å². The molecule has 0 amide bonds. The first-order chi connectivity index (χ1) is 2.00. The molecule has 0 fully saturated rings. The highest BCUT2D eigenvalue weighted by Crippen LogP contribution is 1.71. The summed E-state index contributed by atoms with van der Waals surface area (Å²) in [4.78, 5) is 0. The summed E-state index contributed by atoms with van der Waals surface area (Å²) in [7, 11) is 0. The maximum Gasteiger partial charge on any atom is 0.200 e. The monoisotopic (exact) mass is 75.1 g/mol. The van der Waals surface area contributed by atoms with E-state index in [1.165, 1.54) is 6.92 Å². The van der Waals surface area contributed by atoms with Crippen LogP contribution < -0.4 is 11.5 Å². The Hall–Kier alpha value is -0.120. The Bertz CT molecular complexity index is 23.1. The third kappa shape index (κ3) is 952. The lowest BCUT2D eigenvalue weighted by atomic mass is 10.6. The third-order valence-electron chi connectivity index (χ3n) is 0. The normalized spacial score (nSPS) is 12.0. The molecule has 0 bridgehead atoms. The highest BCUT2D eigenvalue weighted by Gasteiger charge is 2.02. The van der Waals surface area contributed by atoms with Crippen molar-refractivity contribution in [3.63, 3.8) is 0 Å². The largest absolute Gasteiger partial charge is 0.289 e. The summed E-state index contributed by atoms with van der Waals surface area (Å²) in [5, 5.41) is 9.66. The molecule has 0 aliphatic heterocycles. The molecule has 0 atom stereocenters. The van der Waals surface area contributed by atoms with Crippen LogP contribution in [0.4, 0.5) is 0 Å². The van der Waals surface area contributed by atoms with Crippen LogP contribution in [0.15, 0.2) is 0 Å². The number of rotatable bonds is 0. The predicted molar refractivity (Wildman–Crippen MR) is 17.5 cm³/mol. The molecule has 0 saturated carbocycles. The zero-order chi connectivity index (χ0) is 4.50. The summed E-state index contributed by atoms with van der Waals surface area (Å²) in [5.41, 5.74) is 9.15. The van der Waals surface area contributed by atoms with Gasteiger partial charge in [-0.15, -0.1) is 0 Å². The molecule has 0 saturated heterocycles. The fraction of sp³-hybridized carbons (Fsp3) is 1.00. The summed E-state index contributed by atoms with van der Waals surface area (Å²) in [6.07, 6.45) is 0. The summed E-state index contributed by atoms with van der Waals surface area (Å²) in [6.45, 7) is 1.19. The van der Waals surface area contributed by atoms with E-state index in [9.17, 15) is 5.11 Å². The van der Waals surface area contributed by atoms with Gasteiger partial charge in [0, 0.05) is 0 Å². The Balaban J connectivity index is 3.02. The second-order valence-electron chi connectivity index (χ2n) is 1.18. The summed E-state index contributed by atoms with van der Waals surface area (Å²) in [5.74, 6) is -1.75. The van der Waals surface area contributed by atoms with Crippen LogP contribution >= 0.6 is 0 Å². The van der Waals surface area contributed by atoms with Gasteiger partial charge < -0.3 is 0 Å². The lowest BCUT2D eigenvalue weighted by Crippen LogP contribution is -2.43. The van der Waals surface area contributed by atoms with Crippen LogP contribution in [-0.2, 0) is 5.11 Å². The molecule has 31 valence electrons. The van der Waals surface area contributed by atoms with E-state index in [4.69, 9.17) is 0 Å². The van der Waals surface area contributed by atoms with Gasteiger partial charge in [0.05, 0.1) is 0 Å². The van der Waals surface area contributed by atoms with Gasteiger partial charge in [-0.3, -0.25) is 11.5 Å². The smallest absolute Gasteiger partial charge is 0.200 e. The topological polar surface area (TPSA) is 71.9 Å². The van der Waals surface area contributed by atoms with Crippen LogP contribution in [0.1, 0.15) is 6.92 Å². The van der Waals surface area contributed by atoms with E-state index in [0.29, 0.717) is 0 Å². The Morgan fingerprint density at radius 2 is 1.60 bits per heavy atom. The Kier molecular flexibility index (Phi) is 0.908. The summed E-state index contributed by atoms with van der Waals surface area (Å²) < 4.78 is 0. The fourth-order valence-electron chi connectivity index (χ4n) is 0. The minimum absolute atomic E-state index is 1.19. The molecule has 5 heavy (non-hydrogen) atoms. The fourth-order valence-corrected chi connectivity index (χ4v) is 0. The molecule has 3 nitrogen and oxygen atoms in total. The van der Waals surface area contributed by atoms with Gasteiger partial charge >= 0.3 is 0 Å². The lowest BCUT2D eigenvalue weighted by Gasteiger charge is -2.01. The highest BCUT2D eigenvalue weighted by molar-refractivity contribution is 4.44. The average molecular weight is 75.1 g/mol. The quantitative estimate of drug-likeness (QED) is 0.363. The standard InChI is InChI=1S/C2H7N2O/c1-2(3,4)5/h3-4H2,1H3. The Labute approximate surface area is 30.6 Å². The molecule has 3 heteroatoms. The molecular formula is C2H7N2O. The SMILES string of the molecule is CC(N)(N)[O]. The van der Waals surface area contributed by atoms with E-state index in [1.54, 1.807) is 0 Å². The molecule has 0 unspecified atom stereocenters. The van der Waals surface area contributed by atoms with Gasteiger partial charge in [0.2, 0.25) is 0 Å². The van der Waals surface area contributed by atoms with E-state index in [-0.39, 0.29) is 0 Å². The first kappa shape index (κ1) is 4.88. The van der Waals surface area contributed by atoms with Crippen LogP contribution in [0.3, 0.4) is 0 Å². The van der Waals surface area contributed by atoms with Gasteiger partial charge in [0.15, 0.2) is 5.85 Å². The predicted octanol–water partition coefficient (Wildman–Crippen LogP) is -0.992. The van der Waals surface area contributed by atoms with Gasteiger partial charge in [-0.05, 0) is 6.92 Å². The Morgan fingerprint density at radius 3 is 1.60 bits per heavy atom. The maximum absolute atomic E-state index is 9.66. The molecule has 0 aliphatic carbocycles. The van der Waals surface area contributed by atoms with Crippen molar-refractivity contribution in [2.24, 2.45) is 11.5 Å². The lowest BCUT2D eigenvalue weighted by molar-refractivity contribution is -0.00124. The van der Waals surface area contributed by atoms with Gasteiger partial charge in [-0.25, -0.2) is 0 Å². The van der Waals surface area contributed by atoms with Crippen molar-refractivity contribution in [2.75, 3.05) is 0 Å². The molecule has 0 aromatic carbocycles. The van der Waals surface area contributed by atoms with Crippen LogP contribution in [0.5, 0.6) is 0 Å². The minimum atomic E-state index is -1.75. The number of hydrogen-bond acceptors (Lipinski definition) is 2. The van der Waals surface area contributed by atoms with Gasteiger partial charge in [-0.2, -0.15) is 5.11 Å². The number of nitrogens with two attached hydrogens (primary N) is 2. The van der Waals surface area contributed by atoms with E-state index in [2.05, 4.69) is 11.5 Å². The zero-order valence-corrected chi connectivity index (χ0v) is 3.06. The molecule has 0 aliphatic rings. The third-order valence-corrected chi connectivity index (χ3v) is 0. The van der Waals surface area contributed by atoms with E-state index >= 15 is 0 Å². The first-order valence-corrected chi connectivity index (χ1v) is 1.28. The van der Waals surface area contributed by atoms with Gasteiger partial charge in [0.25, 0.3) is 0 Å². The van der Waals surface area contributed by atoms with E-state index in [0.717, 1.165) is 0 Å². The maximum atomic E-state index is 9.66. The van der Waals surface area contributed by atoms with Crippen LogP contribution in [-0.4, -0.2) is 5.85 Å². The van der Waals surface area contributed by atoms with Crippen molar-refractivity contribution in [1.82, 2.24) is 0 Å². The summed E-state index contributed by atoms with van der Waals surface area (Å²) >= 11 is 0. The molecule has 0 aromatic rings. The molecule has 0 spiro atoms. The number of hydrogen-bond donors (Lipinski definition) is 2. The molecule has 0 aromatic heterocycles. The van der Waals surface area contributed by atoms with Crippen molar-refractivity contribution in [1.29, 1.82) is 0 Å². The molecule has 4 N–H and O–H groups in total. The highest BCUT2D eigenvalue weighted by atomic mass is 16.3. The van der Waals surface area contributed by atoms with Crippen molar-refractivity contribution >= 4 is 0 Å². The van der Waals surface area contributed by atoms with Crippen molar-refractivity contribution in [3.05, 3.63) is 0 Å². The second-order valence-corrected chi connectivity index (χ2v) is 1.18. The van der Waals surface area contributed by atoms with E-state index < -0.39 is 5.85 Å². The average Bonchev–Trinajstić information content (AvgIpc) is 0.722. The van der Waals surface area contributed by atoms with Crippen molar-refractivity contribution < 1.29 is 5.11 Å². The second kappa shape index (κ2) is 0.931. The Morgan fingerprint density at radius 1 is 1.60 bits per heavy atom. The zero-order valence-electron chi connectivity index (χ0n) is 3.06. The van der Waals surface area contributed by atoms with Gasteiger partial charge in [0.1, 0.15) is 0 Å². The molecule has 0 heterocycles. The van der Waals surface area contributed by atoms with Gasteiger partial charge in [-0.1, -0.05) is 0 Å². The first-order valence-electron chi connectivity index (χ1n) is 1.28. The van der Waals surface area contributed by atoms with Crippen molar-refractivity contribution in [2.45, 2.75) is 12.8 Å². The van der Waals surface area contributed by atoms with Crippen molar-refractivity contribution in [3.8, 4) is 0 Å².